The van der Waals surface area contributed by atoms with Crippen molar-refractivity contribution in [3.8, 4) is 16.9 Å². The van der Waals surface area contributed by atoms with Gasteiger partial charge in [0.1, 0.15) is 10.4 Å². The van der Waals surface area contributed by atoms with Crippen LogP contribution in [0.5, 0.6) is 5.75 Å². The van der Waals surface area contributed by atoms with Crippen LogP contribution in [0.25, 0.3) is 11.1 Å². The van der Waals surface area contributed by atoms with Gasteiger partial charge in [0.25, 0.3) is 0 Å². The monoisotopic (exact) mass is 272 g/mol. The van der Waals surface area contributed by atoms with Crippen LogP contribution < -0.4 is 4.74 Å². The highest BCUT2D eigenvalue weighted by Gasteiger charge is 2.32. The minimum Gasteiger partial charge on any atom is -0.405 e. The molecule has 1 N–H and O–H groups in total. The molecular formula is C11H7F3N2OS. The van der Waals surface area contributed by atoms with Gasteiger partial charge in [0.2, 0.25) is 0 Å². The number of alkyl halides is 3. The van der Waals surface area contributed by atoms with E-state index in [1.807, 2.05) is 0 Å². The van der Waals surface area contributed by atoms with Gasteiger partial charge in [0, 0.05) is 11.1 Å². The first kappa shape index (κ1) is 12.6. The molecule has 0 unspecified atom stereocenters. The number of aromatic nitrogens is 2. The van der Waals surface area contributed by atoms with Crippen molar-refractivity contribution < 1.29 is 17.9 Å². The van der Waals surface area contributed by atoms with Gasteiger partial charge in [0.15, 0.2) is 0 Å². The molecule has 1 aromatic heterocycles. The first-order valence-electron chi connectivity index (χ1n) is 4.85. The van der Waals surface area contributed by atoms with Crippen molar-refractivity contribution >= 4 is 12.2 Å². The molecule has 1 aromatic carbocycles. The summed E-state index contributed by atoms with van der Waals surface area (Å²) in [5.41, 5.74) is 0.737. The van der Waals surface area contributed by atoms with Crippen LogP contribution >= 0.6 is 12.2 Å². The molecule has 0 aliphatic rings. The number of para-hydroxylation sites is 1. The molecule has 0 aliphatic heterocycles. The smallest absolute Gasteiger partial charge is 0.405 e. The molecule has 18 heavy (non-hydrogen) atoms. The average Bonchev–Trinajstić information content (AvgIpc) is 2.27. The van der Waals surface area contributed by atoms with Gasteiger partial charge in [-0.25, -0.2) is 0 Å². The first-order valence-corrected chi connectivity index (χ1v) is 5.26. The summed E-state index contributed by atoms with van der Waals surface area (Å²) in [4.78, 5) is 0. The van der Waals surface area contributed by atoms with Crippen LogP contribution in [0.1, 0.15) is 0 Å². The van der Waals surface area contributed by atoms with E-state index in [0.717, 1.165) is 0 Å². The van der Waals surface area contributed by atoms with Crippen LogP contribution in [0.3, 0.4) is 0 Å². The third-order valence-corrected chi connectivity index (χ3v) is 2.30. The summed E-state index contributed by atoms with van der Waals surface area (Å²) in [7, 11) is 0. The highest BCUT2D eigenvalue weighted by atomic mass is 32.1. The van der Waals surface area contributed by atoms with Crippen LogP contribution in [0, 0.1) is 4.64 Å². The molecule has 0 radical (unpaired) electrons. The van der Waals surface area contributed by atoms with Gasteiger partial charge in [-0.1, -0.05) is 30.4 Å². The van der Waals surface area contributed by atoms with E-state index < -0.39 is 6.36 Å². The van der Waals surface area contributed by atoms with Gasteiger partial charge in [-0.3, -0.25) is 5.10 Å². The summed E-state index contributed by atoms with van der Waals surface area (Å²) in [5, 5.41) is 6.24. The second-order valence-electron chi connectivity index (χ2n) is 3.38. The molecular weight excluding hydrogens is 265 g/mol. The van der Waals surface area contributed by atoms with Crippen LogP contribution in [-0.4, -0.2) is 16.6 Å². The highest BCUT2D eigenvalue weighted by molar-refractivity contribution is 7.71. The Hall–Kier alpha value is -1.89. The van der Waals surface area contributed by atoms with Crippen molar-refractivity contribution in [2.45, 2.75) is 6.36 Å². The van der Waals surface area contributed by atoms with E-state index in [-0.39, 0.29) is 11.3 Å². The van der Waals surface area contributed by atoms with Gasteiger partial charge in [0.05, 0.1) is 6.20 Å². The molecule has 1 heterocycles. The molecule has 0 amide bonds. The quantitative estimate of drug-likeness (QED) is 0.847. The number of nitrogens with zero attached hydrogens (tertiary/aromatic N) is 1. The lowest BCUT2D eigenvalue weighted by Crippen LogP contribution is -2.17. The van der Waals surface area contributed by atoms with Crippen molar-refractivity contribution in [3.05, 3.63) is 41.2 Å². The van der Waals surface area contributed by atoms with Crippen LogP contribution in [-0.2, 0) is 0 Å². The maximum atomic E-state index is 12.3. The fourth-order valence-electron chi connectivity index (χ4n) is 1.44. The normalized spacial score (nSPS) is 11.3. The Morgan fingerprint density at radius 2 is 1.94 bits per heavy atom. The van der Waals surface area contributed by atoms with Crippen LogP contribution in [0.2, 0.25) is 0 Å². The number of rotatable bonds is 2. The Bertz CT molecular complexity index is 609. The zero-order chi connectivity index (χ0) is 13.2. The Morgan fingerprint density at radius 1 is 1.22 bits per heavy atom. The third-order valence-electron chi connectivity index (χ3n) is 2.09. The maximum Gasteiger partial charge on any atom is 0.573 e. The largest absolute Gasteiger partial charge is 0.573 e. The second kappa shape index (κ2) is 4.77. The summed E-state index contributed by atoms with van der Waals surface area (Å²) in [6, 6.07) is 7.33. The van der Waals surface area contributed by atoms with Crippen molar-refractivity contribution in [3.63, 3.8) is 0 Å². The molecule has 0 saturated heterocycles. The Balaban J connectivity index is 2.48. The standard InChI is InChI=1S/C11H7F3N2OS/c12-11(13,14)17-9-4-2-1-3-8(9)7-5-10(18)16-15-6-7/h1-6H,(H,16,18). The molecule has 0 spiro atoms. The van der Waals surface area contributed by atoms with Crippen LogP contribution in [0.4, 0.5) is 13.2 Å². The summed E-state index contributed by atoms with van der Waals surface area (Å²) >= 11 is 4.87. The van der Waals surface area contributed by atoms with E-state index in [4.69, 9.17) is 12.2 Å². The van der Waals surface area contributed by atoms with Gasteiger partial charge < -0.3 is 4.74 Å². The third kappa shape index (κ3) is 3.07. The van der Waals surface area contributed by atoms with E-state index in [1.165, 1.54) is 30.5 Å². The van der Waals surface area contributed by atoms with Crippen LogP contribution in [0.15, 0.2) is 36.5 Å². The van der Waals surface area contributed by atoms with E-state index in [9.17, 15) is 13.2 Å². The molecule has 3 nitrogen and oxygen atoms in total. The Kier molecular flexibility index (Phi) is 3.33. The molecule has 94 valence electrons. The number of benzene rings is 1. The minimum atomic E-state index is -4.73. The zero-order valence-electron chi connectivity index (χ0n) is 8.86. The maximum absolute atomic E-state index is 12.3. The molecule has 0 fully saturated rings. The predicted octanol–water partition coefficient (Wildman–Crippen LogP) is 3.70. The average molecular weight is 272 g/mol. The van der Waals surface area contributed by atoms with Gasteiger partial charge in [-0.15, -0.1) is 13.2 Å². The number of H-pyrrole nitrogens is 1. The number of hydrogen-bond acceptors (Lipinski definition) is 3. The summed E-state index contributed by atoms with van der Waals surface area (Å²) in [6.45, 7) is 0. The van der Waals surface area contributed by atoms with E-state index in [1.54, 1.807) is 6.07 Å². The molecule has 2 rings (SSSR count). The first-order chi connectivity index (χ1) is 8.46. The molecule has 0 atom stereocenters. The fourth-order valence-corrected chi connectivity index (χ4v) is 1.62. The van der Waals surface area contributed by atoms with E-state index in [2.05, 4.69) is 14.9 Å². The fraction of sp³-hybridized carbons (Fsp3) is 0.0909. The minimum absolute atomic E-state index is 0.280. The number of nitrogens with one attached hydrogen (secondary N) is 1. The Morgan fingerprint density at radius 3 is 2.61 bits per heavy atom. The lowest BCUT2D eigenvalue weighted by molar-refractivity contribution is -0.274. The lowest BCUT2D eigenvalue weighted by Gasteiger charge is -2.12. The number of hydrogen-bond donors (Lipinski definition) is 1. The van der Waals surface area contributed by atoms with Crippen molar-refractivity contribution in [1.82, 2.24) is 10.2 Å². The number of aromatic amines is 1. The molecule has 0 saturated carbocycles. The molecule has 0 bridgehead atoms. The van der Waals surface area contributed by atoms with E-state index >= 15 is 0 Å². The summed E-state index contributed by atoms with van der Waals surface area (Å²) < 4.78 is 41.0. The molecule has 2 aromatic rings. The zero-order valence-corrected chi connectivity index (χ0v) is 9.68. The number of ether oxygens (including phenoxy) is 1. The highest BCUT2D eigenvalue weighted by Crippen LogP contribution is 2.32. The number of halogens is 3. The summed E-state index contributed by atoms with van der Waals surface area (Å²) in [5.74, 6) is -0.285. The Labute approximate surface area is 105 Å². The van der Waals surface area contributed by atoms with Gasteiger partial charge in [-0.2, -0.15) is 5.10 Å². The lowest BCUT2D eigenvalue weighted by atomic mass is 10.1. The second-order valence-corrected chi connectivity index (χ2v) is 3.82. The van der Waals surface area contributed by atoms with Gasteiger partial charge in [-0.05, 0) is 12.1 Å². The molecule has 0 aliphatic carbocycles. The predicted molar refractivity (Wildman–Crippen MR) is 61.5 cm³/mol. The topological polar surface area (TPSA) is 37.9 Å². The van der Waals surface area contributed by atoms with Gasteiger partial charge >= 0.3 is 6.36 Å². The van der Waals surface area contributed by atoms with Crippen molar-refractivity contribution in [2.24, 2.45) is 0 Å². The molecule has 7 heteroatoms. The van der Waals surface area contributed by atoms with Crippen molar-refractivity contribution in [1.29, 1.82) is 0 Å². The summed E-state index contributed by atoms with van der Waals surface area (Å²) in [6.07, 6.45) is -3.35. The SMILES string of the molecule is FC(F)(F)Oc1ccccc1-c1cn[nH]c(=S)c1. The van der Waals surface area contributed by atoms with E-state index in [0.29, 0.717) is 10.2 Å². The van der Waals surface area contributed by atoms with Crippen molar-refractivity contribution in [2.75, 3.05) is 0 Å².